The van der Waals surface area contributed by atoms with Crippen LogP contribution in [-0.4, -0.2) is 42.3 Å². The third-order valence-electron chi connectivity index (χ3n) is 5.26. The average Bonchev–Trinajstić information content (AvgIpc) is 2.97. The molecule has 0 spiro atoms. The van der Waals surface area contributed by atoms with Gasteiger partial charge >= 0.3 is 0 Å². The van der Waals surface area contributed by atoms with Gasteiger partial charge in [0.1, 0.15) is 11.8 Å². The van der Waals surface area contributed by atoms with Gasteiger partial charge in [0.15, 0.2) is 0 Å². The lowest BCUT2D eigenvalue weighted by molar-refractivity contribution is -0.125. The topological polar surface area (TPSA) is 75.7 Å². The summed E-state index contributed by atoms with van der Waals surface area (Å²) in [7, 11) is 1.62. The second-order valence-electron chi connectivity index (χ2n) is 8.03. The molecule has 1 unspecified atom stereocenters. The summed E-state index contributed by atoms with van der Waals surface area (Å²) in [5.74, 6) is -0.214. The molecule has 0 saturated carbocycles. The lowest BCUT2D eigenvalue weighted by Crippen LogP contribution is -2.50. The van der Waals surface area contributed by atoms with E-state index in [9.17, 15) is 14.4 Å². The lowest BCUT2D eigenvalue weighted by Gasteiger charge is -2.26. The number of nitrogens with one attached hydrogen (secondary N) is 1. The second-order valence-corrected chi connectivity index (χ2v) is 8.03. The van der Waals surface area contributed by atoms with Crippen molar-refractivity contribution in [1.29, 1.82) is 0 Å². The normalized spacial score (nSPS) is 14.1. The molecule has 0 fully saturated rings. The van der Waals surface area contributed by atoms with Crippen LogP contribution in [0.4, 0.5) is 0 Å². The second kappa shape index (κ2) is 9.11. The van der Waals surface area contributed by atoms with E-state index in [-0.39, 0.29) is 11.8 Å². The first-order chi connectivity index (χ1) is 14.3. The molecule has 0 saturated heterocycles. The SMILES string of the molecule is COc1ccc(C)cc1CCNC(=O)C(CC(C)C)N1C(=O)c2ccccc2C1=O. The van der Waals surface area contributed by atoms with Crippen LogP contribution in [0.3, 0.4) is 0 Å². The van der Waals surface area contributed by atoms with Crippen molar-refractivity contribution in [3.8, 4) is 5.75 Å². The predicted octanol–water partition coefficient (Wildman–Crippen LogP) is 3.37. The molecule has 1 atom stereocenters. The van der Waals surface area contributed by atoms with Crippen molar-refractivity contribution >= 4 is 17.7 Å². The van der Waals surface area contributed by atoms with Gasteiger partial charge in [0.25, 0.3) is 11.8 Å². The zero-order valence-electron chi connectivity index (χ0n) is 17.9. The van der Waals surface area contributed by atoms with Gasteiger partial charge in [0.05, 0.1) is 18.2 Å². The van der Waals surface area contributed by atoms with Crippen molar-refractivity contribution in [2.75, 3.05) is 13.7 Å². The number of hydrogen-bond acceptors (Lipinski definition) is 4. The maximum Gasteiger partial charge on any atom is 0.262 e. The molecule has 6 heteroatoms. The van der Waals surface area contributed by atoms with Crippen molar-refractivity contribution < 1.29 is 19.1 Å². The Kier molecular flexibility index (Phi) is 6.55. The number of fused-ring (bicyclic) bond motifs is 1. The molecule has 6 nitrogen and oxygen atoms in total. The third-order valence-corrected chi connectivity index (χ3v) is 5.26. The number of nitrogens with zero attached hydrogens (tertiary/aromatic N) is 1. The van der Waals surface area contributed by atoms with E-state index in [0.717, 1.165) is 21.8 Å². The molecule has 2 aromatic rings. The number of rotatable bonds is 8. The first-order valence-electron chi connectivity index (χ1n) is 10.2. The number of aryl methyl sites for hydroxylation is 1. The summed E-state index contributed by atoms with van der Waals surface area (Å²) < 4.78 is 5.39. The molecule has 30 heavy (non-hydrogen) atoms. The highest BCUT2D eigenvalue weighted by Gasteiger charge is 2.42. The molecule has 3 amide bonds. The Morgan fingerprint density at radius 2 is 1.70 bits per heavy atom. The first kappa shape index (κ1) is 21.6. The lowest BCUT2D eigenvalue weighted by atomic mass is 10.0. The van der Waals surface area contributed by atoms with Gasteiger partial charge in [-0.15, -0.1) is 0 Å². The van der Waals surface area contributed by atoms with E-state index in [4.69, 9.17) is 4.74 Å². The Labute approximate surface area is 177 Å². The molecule has 1 aliphatic heterocycles. The number of imide groups is 1. The maximum absolute atomic E-state index is 13.0. The van der Waals surface area contributed by atoms with Crippen molar-refractivity contribution in [2.45, 2.75) is 39.7 Å². The smallest absolute Gasteiger partial charge is 0.262 e. The maximum atomic E-state index is 13.0. The third kappa shape index (κ3) is 4.37. The highest BCUT2D eigenvalue weighted by atomic mass is 16.5. The van der Waals surface area contributed by atoms with Crippen LogP contribution in [0.15, 0.2) is 42.5 Å². The fourth-order valence-corrected chi connectivity index (χ4v) is 3.81. The molecule has 0 radical (unpaired) electrons. The minimum Gasteiger partial charge on any atom is -0.496 e. The number of ether oxygens (including phenoxy) is 1. The summed E-state index contributed by atoms with van der Waals surface area (Å²) in [4.78, 5) is 39.9. The van der Waals surface area contributed by atoms with Gasteiger partial charge in [-0.1, -0.05) is 43.7 Å². The Hall–Kier alpha value is -3.15. The Balaban J connectivity index is 1.74. The van der Waals surface area contributed by atoms with Gasteiger partial charge in [-0.2, -0.15) is 0 Å². The number of amides is 3. The van der Waals surface area contributed by atoms with Crippen molar-refractivity contribution in [2.24, 2.45) is 5.92 Å². The summed E-state index contributed by atoms with van der Waals surface area (Å²) in [6, 6.07) is 11.8. The van der Waals surface area contributed by atoms with Crippen LogP contribution in [0.5, 0.6) is 5.75 Å². The summed E-state index contributed by atoms with van der Waals surface area (Å²) in [5, 5.41) is 2.91. The molecule has 0 aromatic heterocycles. The van der Waals surface area contributed by atoms with E-state index >= 15 is 0 Å². The molecule has 1 heterocycles. The summed E-state index contributed by atoms with van der Waals surface area (Å²) in [6.07, 6.45) is 0.998. The standard InChI is InChI=1S/C24H28N2O4/c1-15(2)13-20(26-23(28)18-7-5-6-8-19(18)24(26)29)22(27)25-12-11-17-14-16(3)9-10-21(17)30-4/h5-10,14-15,20H,11-13H2,1-4H3,(H,25,27). The quantitative estimate of drug-likeness (QED) is 0.680. The van der Waals surface area contributed by atoms with Crippen LogP contribution in [-0.2, 0) is 11.2 Å². The van der Waals surface area contributed by atoms with E-state index in [1.165, 1.54) is 0 Å². The fourth-order valence-electron chi connectivity index (χ4n) is 3.81. The van der Waals surface area contributed by atoms with Crippen LogP contribution < -0.4 is 10.1 Å². The highest BCUT2D eigenvalue weighted by Crippen LogP contribution is 2.27. The first-order valence-corrected chi connectivity index (χ1v) is 10.2. The predicted molar refractivity (Wildman–Crippen MR) is 115 cm³/mol. The van der Waals surface area contributed by atoms with Gasteiger partial charge in [0, 0.05) is 6.54 Å². The van der Waals surface area contributed by atoms with Gasteiger partial charge in [-0.05, 0) is 49.4 Å². The fraction of sp³-hybridized carbons (Fsp3) is 0.375. The Morgan fingerprint density at radius 3 is 2.27 bits per heavy atom. The molecule has 1 N–H and O–H groups in total. The van der Waals surface area contributed by atoms with Gasteiger partial charge in [-0.25, -0.2) is 0 Å². The van der Waals surface area contributed by atoms with E-state index in [2.05, 4.69) is 5.32 Å². The zero-order valence-corrected chi connectivity index (χ0v) is 17.9. The van der Waals surface area contributed by atoms with Crippen LogP contribution in [0.25, 0.3) is 0 Å². The number of carbonyl (C=O) groups is 3. The van der Waals surface area contributed by atoms with E-state index in [0.29, 0.717) is 30.5 Å². The minimum atomic E-state index is -0.836. The summed E-state index contributed by atoms with van der Waals surface area (Å²) >= 11 is 0. The van der Waals surface area contributed by atoms with Gasteiger partial charge in [0.2, 0.25) is 5.91 Å². The van der Waals surface area contributed by atoms with Crippen LogP contribution in [0.1, 0.15) is 52.1 Å². The van der Waals surface area contributed by atoms with E-state index < -0.39 is 17.9 Å². The summed E-state index contributed by atoms with van der Waals surface area (Å²) in [6.45, 7) is 6.32. The molecular weight excluding hydrogens is 380 g/mol. The van der Waals surface area contributed by atoms with E-state index in [1.807, 2.05) is 39.0 Å². The number of carbonyl (C=O) groups excluding carboxylic acids is 3. The molecule has 3 rings (SSSR count). The van der Waals surface area contributed by atoms with Crippen molar-refractivity contribution in [3.05, 3.63) is 64.7 Å². The summed E-state index contributed by atoms with van der Waals surface area (Å²) in [5.41, 5.74) is 2.82. The molecule has 158 valence electrons. The Morgan fingerprint density at radius 1 is 1.07 bits per heavy atom. The molecule has 2 aromatic carbocycles. The molecule has 0 aliphatic carbocycles. The largest absolute Gasteiger partial charge is 0.496 e. The minimum absolute atomic E-state index is 0.141. The number of benzene rings is 2. The average molecular weight is 408 g/mol. The zero-order chi connectivity index (χ0) is 21.8. The molecule has 1 aliphatic rings. The van der Waals surface area contributed by atoms with Gasteiger partial charge in [-0.3, -0.25) is 19.3 Å². The van der Waals surface area contributed by atoms with Crippen LogP contribution >= 0.6 is 0 Å². The Bertz CT molecular complexity index is 932. The van der Waals surface area contributed by atoms with Crippen molar-refractivity contribution in [1.82, 2.24) is 10.2 Å². The highest BCUT2D eigenvalue weighted by molar-refractivity contribution is 6.22. The van der Waals surface area contributed by atoms with Crippen molar-refractivity contribution in [3.63, 3.8) is 0 Å². The monoisotopic (exact) mass is 408 g/mol. The molecule has 0 bridgehead atoms. The van der Waals surface area contributed by atoms with Gasteiger partial charge < -0.3 is 10.1 Å². The number of hydrogen-bond donors (Lipinski definition) is 1. The van der Waals surface area contributed by atoms with Crippen LogP contribution in [0, 0.1) is 12.8 Å². The van der Waals surface area contributed by atoms with Crippen LogP contribution in [0.2, 0.25) is 0 Å². The molecular formula is C24H28N2O4. The number of methoxy groups -OCH3 is 1. The van der Waals surface area contributed by atoms with E-state index in [1.54, 1.807) is 31.4 Å².